The first kappa shape index (κ1) is 9.98. The Morgan fingerprint density at radius 3 is 2.80 bits per heavy atom. The van der Waals surface area contributed by atoms with Gasteiger partial charge in [-0.2, -0.15) is 5.10 Å². The zero-order chi connectivity index (χ0) is 11.2. The van der Waals surface area contributed by atoms with Crippen LogP contribution in [0.5, 0.6) is 0 Å². The fourth-order valence-electron chi connectivity index (χ4n) is 1.52. The van der Waals surface area contributed by atoms with Gasteiger partial charge in [-0.3, -0.25) is 4.68 Å². The smallest absolute Gasteiger partial charge is 0.337 e. The number of benzene rings is 1. The first-order chi connectivity index (χ1) is 7.02. The Morgan fingerprint density at radius 2 is 2.20 bits per heavy atom. The summed E-state index contributed by atoms with van der Waals surface area (Å²) in [4.78, 5) is 10.8. The predicted octanol–water partition coefficient (Wildman–Crippen LogP) is 2.23. The van der Waals surface area contributed by atoms with E-state index in [1.165, 1.54) is 6.07 Å². The predicted molar refractivity (Wildman–Crippen MR) is 57.4 cm³/mol. The molecule has 1 aromatic carbocycles. The highest BCUT2D eigenvalue weighted by Gasteiger charge is 2.15. The molecule has 0 fully saturated rings. The van der Waals surface area contributed by atoms with E-state index in [1.54, 1.807) is 17.8 Å². The van der Waals surface area contributed by atoms with Crippen LogP contribution in [-0.4, -0.2) is 20.9 Å². The van der Waals surface area contributed by atoms with Crippen LogP contribution in [-0.2, 0) is 7.05 Å². The molecule has 0 aliphatic heterocycles. The molecule has 5 heteroatoms. The quantitative estimate of drug-likeness (QED) is 0.808. The molecule has 2 aromatic rings. The molecule has 1 heterocycles. The Labute approximate surface area is 91.1 Å². The van der Waals surface area contributed by atoms with Crippen molar-refractivity contribution in [2.75, 3.05) is 0 Å². The van der Waals surface area contributed by atoms with Gasteiger partial charge in [-0.25, -0.2) is 4.79 Å². The second kappa shape index (κ2) is 3.24. The molecule has 0 amide bonds. The molecule has 4 nitrogen and oxygen atoms in total. The van der Waals surface area contributed by atoms with Crippen molar-refractivity contribution in [1.82, 2.24) is 9.78 Å². The number of hydrogen-bond donors (Lipinski definition) is 1. The van der Waals surface area contributed by atoms with E-state index >= 15 is 0 Å². The van der Waals surface area contributed by atoms with Gasteiger partial charge < -0.3 is 5.11 Å². The number of carboxylic acid groups (broad SMARTS) is 1. The molecule has 15 heavy (non-hydrogen) atoms. The first-order valence-electron chi connectivity index (χ1n) is 4.37. The van der Waals surface area contributed by atoms with Crippen molar-refractivity contribution in [2.45, 2.75) is 6.92 Å². The minimum atomic E-state index is -1.04. The van der Waals surface area contributed by atoms with Crippen LogP contribution in [0.1, 0.15) is 16.1 Å². The number of fused-ring (bicyclic) bond motifs is 1. The maximum absolute atomic E-state index is 10.8. The van der Waals surface area contributed by atoms with E-state index in [0.29, 0.717) is 5.52 Å². The van der Waals surface area contributed by atoms with E-state index in [9.17, 15) is 4.79 Å². The standard InChI is InChI=1S/C10H9ClN2O2/c1-5-6-3-4-7(10(14)15)8(11)9(6)12-13(5)2/h3-4H,1-2H3,(H,14,15). The summed E-state index contributed by atoms with van der Waals surface area (Å²) in [7, 11) is 1.80. The van der Waals surface area contributed by atoms with Crippen LogP contribution in [0, 0.1) is 6.92 Å². The van der Waals surface area contributed by atoms with Crippen LogP contribution in [0.3, 0.4) is 0 Å². The van der Waals surface area contributed by atoms with Gasteiger partial charge in [0, 0.05) is 18.1 Å². The van der Waals surface area contributed by atoms with E-state index in [-0.39, 0.29) is 10.6 Å². The molecule has 2 rings (SSSR count). The minimum Gasteiger partial charge on any atom is -0.478 e. The van der Waals surface area contributed by atoms with Crippen LogP contribution in [0.2, 0.25) is 5.02 Å². The third-order valence-electron chi connectivity index (χ3n) is 2.47. The number of halogens is 1. The Balaban J connectivity index is 2.85. The molecule has 0 atom stereocenters. The van der Waals surface area contributed by atoms with Crippen molar-refractivity contribution >= 4 is 28.5 Å². The van der Waals surface area contributed by atoms with Gasteiger partial charge in [0.25, 0.3) is 0 Å². The fourth-order valence-corrected chi connectivity index (χ4v) is 1.80. The summed E-state index contributed by atoms with van der Waals surface area (Å²) in [5.74, 6) is -1.04. The molecule has 78 valence electrons. The molecule has 1 aromatic heterocycles. The molecule has 0 aliphatic rings. The second-order valence-electron chi connectivity index (χ2n) is 3.34. The molecule has 0 bridgehead atoms. The largest absolute Gasteiger partial charge is 0.478 e. The second-order valence-corrected chi connectivity index (χ2v) is 3.72. The summed E-state index contributed by atoms with van der Waals surface area (Å²) in [6.45, 7) is 1.91. The molecule has 0 aliphatic carbocycles. The molecule has 0 radical (unpaired) electrons. The highest BCUT2D eigenvalue weighted by Crippen LogP contribution is 2.28. The average molecular weight is 225 g/mol. The number of hydrogen-bond acceptors (Lipinski definition) is 2. The number of rotatable bonds is 1. The Hall–Kier alpha value is -1.55. The lowest BCUT2D eigenvalue weighted by atomic mass is 10.1. The van der Waals surface area contributed by atoms with Crippen LogP contribution in [0.4, 0.5) is 0 Å². The average Bonchev–Trinajstić information content (AvgIpc) is 2.45. The lowest BCUT2D eigenvalue weighted by molar-refractivity contribution is 0.0697. The zero-order valence-electron chi connectivity index (χ0n) is 8.28. The van der Waals surface area contributed by atoms with Crippen LogP contribution < -0.4 is 0 Å². The highest BCUT2D eigenvalue weighted by molar-refractivity contribution is 6.38. The number of carboxylic acids is 1. The third kappa shape index (κ3) is 1.37. The van der Waals surface area contributed by atoms with Crippen molar-refractivity contribution in [3.63, 3.8) is 0 Å². The molecular weight excluding hydrogens is 216 g/mol. The van der Waals surface area contributed by atoms with Crippen molar-refractivity contribution in [3.8, 4) is 0 Å². The molecular formula is C10H9ClN2O2. The number of nitrogens with zero attached hydrogens (tertiary/aromatic N) is 2. The Kier molecular flexibility index (Phi) is 2.16. The van der Waals surface area contributed by atoms with Gasteiger partial charge >= 0.3 is 5.97 Å². The molecule has 0 spiro atoms. The van der Waals surface area contributed by atoms with Crippen molar-refractivity contribution < 1.29 is 9.90 Å². The first-order valence-corrected chi connectivity index (χ1v) is 4.75. The van der Waals surface area contributed by atoms with E-state index in [1.807, 2.05) is 6.92 Å². The summed E-state index contributed by atoms with van der Waals surface area (Å²) in [6.07, 6.45) is 0. The normalized spacial score (nSPS) is 10.9. The fraction of sp³-hybridized carbons (Fsp3) is 0.200. The van der Waals surface area contributed by atoms with E-state index in [2.05, 4.69) is 5.10 Å². The number of aromatic nitrogens is 2. The van der Waals surface area contributed by atoms with Crippen LogP contribution in [0.25, 0.3) is 10.9 Å². The Bertz CT molecular complexity index is 560. The summed E-state index contributed by atoms with van der Waals surface area (Å²) in [5, 5.41) is 14.1. The summed E-state index contributed by atoms with van der Waals surface area (Å²) < 4.78 is 1.68. The number of aromatic carboxylic acids is 1. The summed E-state index contributed by atoms with van der Waals surface area (Å²) in [5.41, 5.74) is 1.59. The van der Waals surface area contributed by atoms with Gasteiger partial charge in [-0.05, 0) is 19.1 Å². The summed E-state index contributed by atoms with van der Waals surface area (Å²) >= 11 is 5.97. The maximum Gasteiger partial charge on any atom is 0.337 e. The zero-order valence-corrected chi connectivity index (χ0v) is 9.04. The lowest BCUT2D eigenvalue weighted by Crippen LogP contribution is -1.97. The summed E-state index contributed by atoms with van der Waals surface area (Å²) in [6, 6.07) is 3.23. The number of aryl methyl sites for hydroxylation is 2. The van der Waals surface area contributed by atoms with Crippen LogP contribution in [0.15, 0.2) is 12.1 Å². The SMILES string of the molecule is Cc1c2ccc(C(=O)O)c(Cl)c2nn1C. The van der Waals surface area contributed by atoms with E-state index in [0.717, 1.165) is 11.1 Å². The van der Waals surface area contributed by atoms with Gasteiger partial charge in [0.2, 0.25) is 0 Å². The van der Waals surface area contributed by atoms with Gasteiger partial charge in [0.15, 0.2) is 0 Å². The van der Waals surface area contributed by atoms with Gasteiger partial charge in [0.1, 0.15) is 5.52 Å². The monoisotopic (exact) mass is 224 g/mol. The molecule has 1 N–H and O–H groups in total. The van der Waals surface area contributed by atoms with Crippen molar-refractivity contribution in [2.24, 2.45) is 7.05 Å². The maximum atomic E-state index is 10.8. The van der Waals surface area contributed by atoms with E-state index in [4.69, 9.17) is 16.7 Å². The lowest BCUT2D eigenvalue weighted by Gasteiger charge is -1.98. The number of carbonyl (C=O) groups is 1. The molecule has 0 saturated heterocycles. The van der Waals surface area contributed by atoms with Crippen LogP contribution >= 0.6 is 11.6 Å². The van der Waals surface area contributed by atoms with Gasteiger partial charge in [-0.1, -0.05) is 11.6 Å². The van der Waals surface area contributed by atoms with Crippen molar-refractivity contribution in [3.05, 3.63) is 28.4 Å². The Morgan fingerprint density at radius 1 is 1.53 bits per heavy atom. The van der Waals surface area contributed by atoms with Gasteiger partial charge in [-0.15, -0.1) is 0 Å². The molecule has 0 unspecified atom stereocenters. The third-order valence-corrected chi connectivity index (χ3v) is 2.85. The van der Waals surface area contributed by atoms with E-state index < -0.39 is 5.97 Å². The molecule has 0 saturated carbocycles. The minimum absolute atomic E-state index is 0.0854. The van der Waals surface area contributed by atoms with Gasteiger partial charge in [0.05, 0.1) is 10.6 Å². The topological polar surface area (TPSA) is 55.1 Å². The highest BCUT2D eigenvalue weighted by atomic mass is 35.5. The van der Waals surface area contributed by atoms with Crippen molar-refractivity contribution in [1.29, 1.82) is 0 Å².